The van der Waals surface area contributed by atoms with Gasteiger partial charge < -0.3 is 5.11 Å². The Bertz CT molecular complexity index is 353. The lowest BCUT2D eigenvalue weighted by Gasteiger charge is -2.19. The van der Waals surface area contributed by atoms with Crippen LogP contribution in [0, 0.1) is 0 Å². The molecular formula is C8H11N5OS. The van der Waals surface area contributed by atoms with Crippen LogP contribution >= 0.6 is 11.5 Å². The molecule has 2 unspecified atom stereocenters. The van der Waals surface area contributed by atoms with Gasteiger partial charge >= 0.3 is 0 Å². The fraction of sp³-hybridized carbons (Fsp3) is 0.500. The van der Waals surface area contributed by atoms with Crippen molar-refractivity contribution in [2.45, 2.75) is 25.5 Å². The summed E-state index contributed by atoms with van der Waals surface area (Å²) in [4.78, 5) is 4.76. The van der Waals surface area contributed by atoms with E-state index in [0.29, 0.717) is 6.42 Å². The van der Waals surface area contributed by atoms with Crippen molar-refractivity contribution >= 4 is 11.5 Å². The molecule has 0 saturated carbocycles. The third kappa shape index (κ3) is 2.02. The highest BCUT2D eigenvalue weighted by atomic mass is 32.1. The van der Waals surface area contributed by atoms with Gasteiger partial charge in [-0.1, -0.05) is 11.4 Å². The summed E-state index contributed by atoms with van der Waals surface area (Å²) in [7, 11) is 0. The van der Waals surface area contributed by atoms with Crippen molar-refractivity contribution in [3.8, 4) is 0 Å². The van der Waals surface area contributed by atoms with Crippen LogP contribution in [0.3, 0.4) is 0 Å². The molecule has 0 spiro atoms. The van der Waals surface area contributed by atoms with E-state index in [4.69, 9.17) is 0 Å². The van der Waals surface area contributed by atoms with Crippen molar-refractivity contribution in [1.82, 2.24) is 24.4 Å². The summed E-state index contributed by atoms with van der Waals surface area (Å²) in [5, 5.41) is 17.7. The van der Waals surface area contributed by atoms with E-state index in [1.807, 2.05) is 6.92 Å². The molecule has 6 nitrogen and oxygen atoms in total. The number of rotatable bonds is 4. The lowest BCUT2D eigenvalue weighted by atomic mass is 10.1. The van der Waals surface area contributed by atoms with Crippen LogP contribution in [0.1, 0.15) is 24.3 Å². The minimum absolute atomic E-state index is 0.238. The normalized spacial score (nSPS) is 15.1. The number of aliphatic hydroxyl groups excluding tert-OH is 1. The Hall–Kier alpha value is -1.34. The molecule has 0 aromatic carbocycles. The average Bonchev–Trinajstić information content (AvgIpc) is 2.90. The first-order valence-corrected chi connectivity index (χ1v) is 5.39. The van der Waals surface area contributed by atoms with Crippen LogP contribution in [0.25, 0.3) is 0 Å². The molecule has 0 saturated heterocycles. The molecule has 2 atom stereocenters. The van der Waals surface area contributed by atoms with Gasteiger partial charge in [-0.3, -0.25) is 0 Å². The second-order valence-electron chi connectivity index (χ2n) is 3.12. The van der Waals surface area contributed by atoms with Gasteiger partial charge in [0.1, 0.15) is 18.7 Å². The van der Waals surface area contributed by atoms with Crippen LogP contribution in [0.15, 0.2) is 18.9 Å². The maximum absolute atomic E-state index is 9.92. The lowest BCUT2D eigenvalue weighted by molar-refractivity contribution is 0.121. The first-order valence-electron chi connectivity index (χ1n) is 4.62. The zero-order valence-electron chi connectivity index (χ0n) is 8.19. The molecule has 2 rings (SSSR count). The predicted molar refractivity (Wildman–Crippen MR) is 54.4 cm³/mol. The molecule has 7 heteroatoms. The van der Waals surface area contributed by atoms with Crippen molar-refractivity contribution < 1.29 is 5.11 Å². The number of aliphatic hydroxyl groups is 1. The second-order valence-corrected chi connectivity index (χ2v) is 3.93. The molecule has 0 aliphatic heterocycles. The monoisotopic (exact) mass is 225 g/mol. The van der Waals surface area contributed by atoms with Crippen LogP contribution in [-0.2, 0) is 0 Å². The molecular weight excluding hydrogens is 214 g/mol. The van der Waals surface area contributed by atoms with E-state index in [1.165, 1.54) is 17.9 Å². The van der Waals surface area contributed by atoms with E-state index in [0.717, 1.165) is 4.88 Å². The fourth-order valence-corrected chi connectivity index (χ4v) is 2.04. The molecule has 2 heterocycles. The zero-order chi connectivity index (χ0) is 10.7. The lowest BCUT2D eigenvalue weighted by Crippen LogP contribution is -2.24. The Balaban J connectivity index is 2.33. The van der Waals surface area contributed by atoms with E-state index in [1.54, 1.807) is 17.2 Å². The van der Waals surface area contributed by atoms with Gasteiger partial charge in [-0.15, -0.1) is 5.10 Å². The Labute approximate surface area is 90.8 Å². The highest BCUT2D eigenvalue weighted by Crippen LogP contribution is 2.24. The van der Waals surface area contributed by atoms with Crippen molar-refractivity contribution in [3.05, 3.63) is 23.7 Å². The van der Waals surface area contributed by atoms with Gasteiger partial charge in [-0.25, -0.2) is 9.67 Å². The van der Waals surface area contributed by atoms with Crippen molar-refractivity contribution in [1.29, 1.82) is 0 Å². The Morgan fingerprint density at radius 2 is 2.47 bits per heavy atom. The van der Waals surface area contributed by atoms with E-state index in [9.17, 15) is 5.11 Å². The topological polar surface area (TPSA) is 76.7 Å². The summed E-state index contributed by atoms with van der Waals surface area (Å²) >= 11 is 1.26. The molecule has 80 valence electrons. The van der Waals surface area contributed by atoms with Gasteiger partial charge in [0.15, 0.2) is 0 Å². The van der Waals surface area contributed by atoms with Crippen LogP contribution in [0.4, 0.5) is 0 Å². The van der Waals surface area contributed by atoms with Crippen LogP contribution in [-0.4, -0.2) is 35.6 Å². The number of nitrogens with zero attached hydrogens (tertiary/aromatic N) is 5. The first-order chi connectivity index (χ1) is 7.33. The largest absolute Gasteiger partial charge is 0.391 e. The van der Waals surface area contributed by atoms with Crippen LogP contribution in [0.2, 0.25) is 0 Å². The Morgan fingerprint density at radius 1 is 1.60 bits per heavy atom. The number of hydrogen-bond acceptors (Lipinski definition) is 6. The van der Waals surface area contributed by atoms with Gasteiger partial charge in [0.25, 0.3) is 0 Å². The molecule has 1 N–H and O–H groups in total. The van der Waals surface area contributed by atoms with Crippen molar-refractivity contribution in [2.75, 3.05) is 0 Å². The summed E-state index contributed by atoms with van der Waals surface area (Å²) in [5.41, 5.74) is 0. The van der Waals surface area contributed by atoms with Gasteiger partial charge in [0.2, 0.25) is 0 Å². The van der Waals surface area contributed by atoms with Crippen molar-refractivity contribution in [3.63, 3.8) is 0 Å². The minimum atomic E-state index is -0.506. The third-order valence-corrected chi connectivity index (χ3v) is 2.91. The quantitative estimate of drug-likeness (QED) is 0.819. The van der Waals surface area contributed by atoms with Gasteiger partial charge in [0, 0.05) is 0 Å². The maximum atomic E-state index is 9.92. The summed E-state index contributed by atoms with van der Waals surface area (Å²) in [5.74, 6) is 0. The standard InChI is InChI=1S/C8H11N5OS/c1-2-6(14)8(7-3-10-12-15-7)13-5-9-4-11-13/h3-6,8,14H,2H2,1H3. The Kier molecular flexibility index (Phi) is 3.02. The third-order valence-electron chi connectivity index (χ3n) is 2.17. The molecule has 0 bridgehead atoms. The van der Waals surface area contributed by atoms with E-state index in [-0.39, 0.29) is 6.04 Å². The average molecular weight is 225 g/mol. The zero-order valence-corrected chi connectivity index (χ0v) is 9.00. The molecule has 0 aliphatic rings. The molecule has 0 fully saturated rings. The van der Waals surface area contributed by atoms with Gasteiger partial charge in [0.05, 0.1) is 17.2 Å². The highest BCUT2D eigenvalue weighted by Gasteiger charge is 2.24. The molecule has 15 heavy (non-hydrogen) atoms. The molecule has 2 aromatic heterocycles. The SMILES string of the molecule is CCC(O)C(c1cnns1)n1cncn1. The Morgan fingerprint density at radius 3 is 3.00 bits per heavy atom. The minimum Gasteiger partial charge on any atom is -0.391 e. The van der Waals surface area contributed by atoms with Crippen LogP contribution < -0.4 is 0 Å². The second kappa shape index (κ2) is 4.45. The predicted octanol–water partition coefficient (Wildman–Crippen LogP) is 0.490. The van der Waals surface area contributed by atoms with Gasteiger partial charge in [-0.05, 0) is 18.0 Å². The van der Waals surface area contributed by atoms with E-state index >= 15 is 0 Å². The van der Waals surface area contributed by atoms with E-state index in [2.05, 4.69) is 19.7 Å². The fourth-order valence-electron chi connectivity index (χ4n) is 1.39. The summed E-state index contributed by atoms with van der Waals surface area (Å²) in [6.07, 6.45) is 4.82. The molecule has 0 radical (unpaired) electrons. The summed E-state index contributed by atoms with van der Waals surface area (Å²) < 4.78 is 5.42. The molecule has 0 aliphatic carbocycles. The van der Waals surface area contributed by atoms with Crippen LogP contribution in [0.5, 0.6) is 0 Å². The summed E-state index contributed by atoms with van der Waals surface area (Å²) in [6, 6.07) is -0.238. The summed E-state index contributed by atoms with van der Waals surface area (Å²) in [6.45, 7) is 1.92. The molecule has 0 amide bonds. The highest BCUT2D eigenvalue weighted by molar-refractivity contribution is 7.05. The first kappa shape index (κ1) is 10.2. The van der Waals surface area contributed by atoms with Crippen molar-refractivity contribution in [2.24, 2.45) is 0 Å². The van der Waals surface area contributed by atoms with Gasteiger partial charge in [-0.2, -0.15) is 5.10 Å². The van der Waals surface area contributed by atoms with E-state index < -0.39 is 6.10 Å². The smallest absolute Gasteiger partial charge is 0.137 e. The number of hydrogen-bond donors (Lipinski definition) is 1. The maximum Gasteiger partial charge on any atom is 0.137 e. The number of aromatic nitrogens is 5. The molecule has 2 aromatic rings.